The van der Waals surface area contributed by atoms with E-state index in [-0.39, 0.29) is 6.04 Å². The molecule has 0 spiro atoms. The third-order valence-electron chi connectivity index (χ3n) is 4.23. The summed E-state index contributed by atoms with van der Waals surface area (Å²) in [6, 6.07) is 6.80. The summed E-state index contributed by atoms with van der Waals surface area (Å²) in [6.07, 6.45) is 4.84. The Morgan fingerprint density at radius 3 is 3.00 bits per heavy atom. The maximum Gasteiger partial charge on any atom is 0.122 e. The van der Waals surface area contributed by atoms with Gasteiger partial charge in [-0.1, -0.05) is 12.1 Å². The number of nitrogens with one attached hydrogen (secondary N) is 1. The Labute approximate surface area is 119 Å². The predicted octanol–water partition coefficient (Wildman–Crippen LogP) is 2.66. The summed E-state index contributed by atoms with van der Waals surface area (Å²) in [6.45, 7) is 0.819. The van der Waals surface area contributed by atoms with E-state index in [1.165, 1.54) is 35.5 Å². The number of hydrogen-bond acceptors (Lipinski definition) is 4. The van der Waals surface area contributed by atoms with E-state index < -0.39 is 0 Å². The van der Waals surface area contributed by atoms with E-state index in [1.54, 1.807) is 0 Å². The molecule has 1 fully saturated rings. The van der Waals surface area contributed by atoms with Gasteiger partial charge >= 0.3 is 0 Å². The summed E-state index contributed by atoms with van der Waals surface area (Å²) in [7, 11) is 0. The van der Waals surface area contributed by atoms with Gasteiger partial charge in [0.1, 0.15) is 5.75 Å². The molecule has 1 unspecified atom stereocenters. The lowest BCUT2D eigenvalue weighted by Crippen LogP contribution is -2.30. The fourth-order valence-electron chi connectivity index (χ4n) is 3.04. The van der Waals surface area contributed by atoms with Crippen molar-refractivity contribution in [3.05, 3.63) is 29.3 Å². The normalized spacial score (nSPS) is 20.9. The molecule has 0 bridgehead atoms. The summed E-state index contributed by atoms with van der Waals surface area (Å²) >= 11 is 2.08. The van der Waals surface area contributed by atoms with E-state index in [1.807, 2.05) is 0 Å². The lowest BCUT2D eigenvalue weighted by atomic mass is 9.90. The highest BCUT2D eigenvalue weighted by molar-refractivity contribution is 7.99. The highest BCUT2D eigenvalue weighted by Gasteiger charge is 2.21. The highest BCUT2D eigenvalue weighted by atomic mass is 32.2. The molecule has 2 heterocycles. The number of benzene rings is 1. The molecule has 1 atom stereocenters. The van der Waals surface area contributed by atoms with Crippen molar-refractivity contribution in [3.8, 4) is 5.75 Å². The van der Waals surface area contributed by atoms with Crippen LogP contribution >= 0.6 is 11.8 Å². The quantitative estimate of drug-likeness (QED) is 0.656. The van der Waals surface area contributed by atoms with E-state index in [0.29, 0.717) is 0 Å². The molecule has 2 aliphatic heterocycles. The van der Waals surface area contributed by atoms with Crippen molar-refractivity contribution < 1.29 is 4.74 Å². The first-order valence-corrected chi connectivity index (χ1v) is 8.32. The molecule has 4 heteroatoms. The van der Waals surface area contributed by atoms with Gasteiger partial charge in [-0.3, -0.25) is 11.3 Å². The maximum atomic E-state index is 5.78. The van der Waals surface area contributed by atoms with Gasteiger partial charge in [0.25, 0.3) is 0 Å². The van der Waals surface area contributed by atoms with E-state index in [9.17, 15) is 0 Å². The van der Waals surface area contributed by atoms with E-state index >= 15 is 0 Å². The number of thioether (sulfide) groups is 1. The first-order valence-electron chi connectivity index (χ1n) is 7.16. The first kappa shape index (κ1) is 13.3. The Morgan fingerprint density at radius 1 is 1.37 bits per heavy atom. The molecule has 1 saturated heterocycles. The zero-order chi connectivity index (χ0) is 13.1. The predicted molar refractivity (Wildman–Crippen MR) is 80.4 cm³/mol. The van der Waals surface area contributed by atoms with Crippen LogP contribution in [0.1, 0.15) is 36.4 Å². The van der Waals surface area contributed by atoms with Crippen LogP contribution < -0.4 is 16.0 Å². The second kappa shape index (κ2) is 6.16. The van der Waals surface area contributed by atoms with Crippen LogP contribution in [0.2, 0.25) is 0 Å². The van der Waals surface area contributed by atoms with Crippen LogP contribution in [0.5, 0.6) is 5.75 Å². The SMILES string of the molecule is NNC(CC1CCSCC1)c1ccc2c(c1)CCO2. The van der Waals surface area contributed by atoms with Gasteiger partial charge in [0.05, 0.1) is 6.61 Å². The Bertz CT molecular complexity index is 432. The number of fused-ring (bicyclic) bond motifs is 1. The molecule has 0 radical (unpaired) electrons. The summed E-state index contributed by atoms with van der Waals surface area (Å²) in [5.74, 6) is 10.3. The van der Waals surface area contributed by atoms with Gasteiger partial charge in [0, 0.05) is 12.5 Å². The Balaban J connectivity index is 1.70. The third-order valence-corrected chi connectivity index (χ3v) is 5.28. The molecule has 0 aliphatic carbocycles. The second-order valence-corrected chi connectivity index (χ2v) is 6.70. The molecule has 3 rings (SSSR count). The summed E-state index contributed by atoms with van der Waals surface area (Å²) in [5, 5.41) is 0. The van der Waals surface area contributed by atoms with Crippen molar-refractivity contribution >= 4 is 11.8 Å². The standard InChI is InChI=1S/C15H22N2OS/c16-17-14(9-11-4-7-19-8-5-11)12-1-2-15-13(10-12)3-6-18-15/h1-2,10-11,14,17H,3-9,16H2. The molecule has 104 valence electrons. The van der Waals surface area contributed by atoms with Crippen LogP contribution in [0.4, 0.5) is 0 Å². The Kier molecular flexibility index (Phi) is 4.31. The molecule has 3 N–H and O–H groups in total. The number of rotatable bonds is 4. The van der Waals surface area contributed by atoms with Gasteiger partial charge in [0.2, 0.25) is 0 Å². The van der Waals surface area contributed by atoms with Crippen molar-refractivity contribution in [1.82, 2.24) is 5.43 Å². The van der Waals surface area contributed by atoms with Crippen LogP contribution in [0, 0.1) is 5.92 Å². The molecule has 0 aromatic heterocycles. The van der Waals surface area contributed by atoms with E-state index in [4.69, 9.17) is 10.6 Å². The smallest absolute Gasteiger partial charge is 0.122 e. The average molecular weight is 278 g/mol. The molecular formula is C15H22N2OS. The van der Waals surface area contributed by atoms with E-state index in [0.717, 1.165) is 31.1 Å². The van der Waals surface area contributed by atoms with Gasteiger partial charge in [0.15, 0.2) is 0 Å². The molecular weight excluding hydrogens is 256 g/mol. The van der Waals surface area contributed by atoms with Gasteiger partial charge in [-0.15, -0.1) is 0 Å². The van der Waals surface area contributed by atoms with Crippen molar-refractivity contribution in [2.75, 3.05) is 18.1 Å². The summed E-state index contributed by atoms with van der Waals surface area (Å²) in [4.78, 5) is 0. The molecule has 0 saturated carbocycles. The zero-order valence-corrected chi connectivity index (χ0v) is 12.0. The minimum absolute atomic E-state index is 0.277. The fourth-order valence-corrected chi connectivity index (χ4v) is 4.24. The average Bonchev–Trinajstić information content (AvgIpc) is 2.93. The fraction of sp³-hybridized carbons (Fsp3) is 0.600. The first-order chi connectivity index (χ1) is 9.36. The number of hydrogen-bond donors (Lipinski definition) is 2. The largest absolute Gasteiger partial charge is 0.493 e. The van der Waals surface area contributed by atoms with Crippen LogP contribution in [-0.2, 0) is 6.42 Å². The van der Waals surface area contributed by atoms with Gasteiger partial charge in [-0.25, -0.2) is 0 Å². The van der Waals surface area contributed by atoms with Crippen LogP contribution in [0.25, 0.3) is 0 Å². The summed E-state index contributed by atoms with van der Waals surface area (Å²) in [5.41, 5.74) is 5.65. The maximum absolute atomic E-state index is 5.78. The van der Waals surface area contributed by atoms with Crippen molar-refractivity contribution in [2.24, 2.45) is 11.8 Å². The molecule has 1 aromatic rings. The minimum atomic E-state index is 0.277. The Morgan fingerprint density at radius 2 is 2.21 bits per heavy atom. The molecule has 1 aromatic carbocycles. The minimum Gasteiger partial charge on any atom is -0.493 e. The number of ether oxygens (including phenoxy) is 1. The van der Waals surface area contributed by atoms with Crippen LogP contribution in [0.3, 0.4) is 0 Å². The summed E-state index contributed by atoms with van der Waals surface area (Å²) < 4.78 is 5.56. The van der Waals surface area contributed by atoms with Crippen molar-refractivity contribution in [1.29, 1.82) is 0 Å². The lowest BCUT2D eigenvalue weighted by molar-refractivity contribution is 0.356. The second-order valence-electron chi connectivity index (χ2n) is 5.48. The topological polar surface area (TPSA) is 47.3 Å². The van der Waals surface area contributed by atoms with Crippen LogP contribution in [-0.4, -0.2) is 18.1 Å². The van der Waals surface area contributed by atoms with Gasteiger partial charge in [-0.05, 0) is 53.9 Å². The molecule has 3 nitrogen and oxygen atoms in total. The van der Waals surface area contributed by atoms with Crippen molar-refractivity contribution in [2.45, 2.75) is 31.7 Å². The van der Waals surface area contributed by atoms with Crippen LogP contribution in [0.15, 0.2) is 18.2 Å². The molecule has 0 amide bonds. The van der Waals surface area contributed by atoms with Crippen molar-refractivity contribution in [3.63, 3.8) is 0 Å². The highest BCUT2D eigenvalue weighted by Crippen LogP contribution is 2.33. The number of hydrazine groups is 1. The van der Waals surface area contributed by atoms with E-state index in [2.05, 4.69) is 35.4 Å². The Hall–Kier alpha value is -0.710. The third kappa shape index (κ3) is 3.07. The van der Waals surface area contributed by atoms with Gasteiger partial charge in [-0.2, -0.15) is 11.8 Å². The number of nitrogens with two attached hydrogens (primary N) is 1. The molecule has 2 aliphatic rings. The monoisotopic (exact) mass is 278 g/mol. The molecule has 19 heavy (non-hydrogen) atoms. The lowest BCUT2D eigenvalue weighted by Gasteiger charge is -2.26. The van der Waals surface area contributed by atoms with Gasteiger partial charge < -0.3 is 4.74 Å². The zero-order valence-electron chi connectivity index (χ0n) is 11.2.